The zero-order valence-electron chi connectivity index (χ0n) is 16.1. The Bertz CT molecular complexity index is 673. The fourth-order valence-electron chi connectivity index (χ4n) is 2.87. The molecule has 0 aromatic heterocycles. The predicted octanol–water partition coefficient (Wildman–Crippen LogP) is 2.58. The number of nitrogens with zero attached hydrogens (tertiary/aromatic N) is 2. The average Bonchev–Trinajstić information content (AvgIpc) is 2.68. The first-order valence-electron chi connectivity index (χ1n) is 9.51. The van der Waals surface area contributed by atoms with E-state index in [1.165, 1.54) is 0 Å². The SMILES string of the molecule is CCOC(=O)N1CCC(NC(N)=NCCCC(=O)Nc2ccc(Cl)cc2)CC1. The Morgan fingerprint density at radius 2 is 1.96 bits per heavy atom. The number of aliphatic imine (C=N–C) groups is 1. The number of nitrogens with two attached hydrogens (primary N) is 1. The van der Waals surface area contributed by atoms with Gasteiger partial charge in [-0.25, -0.2) is 4.79 Å². The molecule has 0 aliphatic carbocycles. The minimum Gasteiger partial charge on any atom is -0.450 e. The third-order valence-corrected chi connectivity index (χ3v) is 4.60. The molecule has 1 aromatic rings. The highest BCUT2D eigenvalue weighted by atomic mass is 35.5. The number of carbonyl (C=O) groups excluding carboxylic acids is 2. The number of rotatable bonds is 7. The number of halogens is 1. The van der Waals surface area contributed by atoms with Crippen molar-refractivity contribution in [1.82, 2.24) is 10.2 Å². The number of ether oxygens (including phenoxy) is 1. The summed E-state index contributed by atoms with van der Waals surface area (Å²) in [7, 11) is 0. The number of likely N-dealkylation sites (tertiary alicyclic amines) is 1. The number of anilines is 1. The number of carbonyl (C=O) groups is 2. The Morgan fingerprint density at radius 3 is 2.61 bits per heavy atom. The monoisotopic (exact) mass is 409 g/mol. The summed E-state index contributed by atoms with van der Waals surface area (Å²) in [6.07, 6.45) is 2.27. The molecule has 28 heavy (non-hydrogen) atoms. The summed E-state index contributed by atoms with van der Waals surface area (Å²) in [5, 5.41) is 6.62. The van der Waals surface area contributed by atoms with Crippen LogP contribution in [0.4, 0.5) is 10.5 Å². The molecule has 1 aliphatic heterocycles. The van der Waals surface area contributed by atoms with Crippen LogP contribution in [0.2, 0.25) is 5.02 Å². The molecule has 0 spiro atoms. The Labute approximate surface area is 170 Å². The molecular weight excluding hydrogens is 382 g/mol. The number of piperidine rings is 1. The van der Waals surface area contributed by atoms with Gasteiger partial charge in [-0.1, -0.05) is 11.6 Å². The first kappa shape index (κ1) is 21.8. The van der Waals surface area contributed by atoms with Gasteiger partial charge in [-0.05, 0) is 50.5 Å². The van der Waals surface area contributed by atoms with Crippen molar-refractivity contribution < 1.29 is 14.3 Å². The highest BCUT2D eigenvalue weighted by Crippen LogP contribution is 2.14. The molecule has 1 saturated heterocycles. The summed E-state index contributed by atoms with van der Waals surface area (Å²) >= 11 is 5.82. The van der Waals surface area contributed by atoms with Crippen molar-refractivity contribution >= 4 is 35.2 Å². The first-order chi connectivity index (χ1) is 13.5. The van der Waals surface area contributed by atoms with Gasteiger partial charge in [0.25, 0.3) is 0 Å². The summed E-state index contributed by atoms with van der Waals surface area (Å²) in [5.41, 5.74) is 6.64. The van der Waals surface area contributed by atoms with E-state index in [-0.39, 0.29) is 18.0 Å². The number of nitrogens with one attached hydrogen (secondary N) is 2. The normalized spacial score (nSPS) is 15.2. The van der Waals surface area contributed by atoms with E-state index in [4.69, 9.17) is 22.1 Å². The fourth-order valence-corrected chi connectivity index (χ4v) is 3.00. The van der Waals surface area contributed by atoms with Crippen LogP contribution in [0.15, 0.2) is 29.3 Å². The van der Waals surface area contributed by atoms with Gasteiger partial charge in [-0.15, -0.1) is 0 Å². The highest BCUT2D eigenvalue weighted by Gasteiger charge is 2.23. The van der Waals surface area contributed by atoms with Crippen LogP contribution in [-0.2, 0) is 9.53 Å². The molecule has 0 saturated carbocycles. The van der Waals surface area contributed by atoms with Gasteiger partial charge in [0, 0.05) is 42.8 Å². The average molecular weight is 410 g/mol. The zero-order valence-corrected chi connectivity index (χ0v) is 16.9. The Morgan fingerprint density at radius 1 is 1.29 bits per heavy atom. The summed E-state index contributed by atoms with van der Waals surface area (Å²) in [6, 6.07) is 7.15. The third-order valence-electron chi connectivity index (χ3n) is 4.35. The summed E-state index contributed by atoms with van der Waals surface area (Å²) in [4.78, 5) is 29.6. The molecule has 2 amide bonds. The van der Waals surface area contributed by atoms with Crippen molar-refractivity contribution in [1.29, 1.82) is 0 Å². The molecule has 154 valence electrons. The number of amides is 2. The topological polar surface area (TPSA) is 109 Å². The maximum absolute atomic E-state index is 11.9. The van der Waals surface area contributed by atoms with E-state index in [1.807, 2.05) is 0 Å². The van der Waals surface area contributed by atoms with Crippen molar-refractivity contribution in [3.63, 3.8) is 0 Å². The van der Waals surface area contributed by atoms with Gasteiger partial charge in [0.05, 0.1) is 6.61 Å². The molecule has 8 nitrogen and oxygen atoms in total. The van der Waals surface area contributed by atoms with E-state index < -0.39 is 0 Å². The highest BCUT2D eigenvalue weighted by molar-refractivity contribution is 6.30. The Hall–Kier alpha value is -2.48. The molecule has 1 heterocycles. The van der Waals surface area contributed by atoms with Gasteiger partial charge in [0.1, 0.15) is 0 Å². The first-order valence-corrected chi connectivity index (χ1v) is 9.89. The van der Waals surface area contributed by atoms with E-state index in [9.17, 15) is 9.59 Å². The molecule has 0 bridgehead atoms. The second-order valence-electron chi connectivity index (χ2n) is 6.53. The van der Waals surface area contributed by atoms with Crippen LogP contribution in [0.1, 0.15) is 32.6 Å². The van der Waals surface area contributed by atoms with Crippen LogP contribution >= 0.6 is 11.6 Å². The molecule has 9 heteroatoms. The molecule has 4 N–H and O–H groups in total. The van der Waals surface area contributed by atoms with Crippen LogP contribution in [0.25, 0.3) is 0 Å². The van der Waals surface area contributed by atoms with E-state index >= 15 is 0 Å². The minimum absolute atomic E-state index is 0.0737. The van der Waals surface area contributed by atoms with E-state index in [1.54, 1.807) is 36.1 Å². The number of hydrogen-bond donors (Lipinski definition) is 3. The number of benzene rings is 1. The molecule has 2 rings (SSSR count). The van der Waals surface area contributed by atoms with Gasteiger partial charge < -0.3 is 26.0 Å². The van der Waals surface area contributed by atoms with Crippen molar-refractivity contribution in [2.75, 3.05) is 31.6 Å². The van der Waals surface area contributed by atoms with Crippen LogP contribution in [0, 0.1) is 0 Å². The van der Waals surface area contributed by atoms with Gasteiger partial charge in [-0.2, -0.15) is 0 Å². The number of guanidine groups is 1. The molecule has 1 fully saturated rings. The van der Waals surface area contributed by atoms with Crippen LogP contribution in [-0.4, -0.2) is 55.1 Å². The van der Waals surface area contributed by atoms with Gasteiger partial charge >= 0.3 is 6.09 Å². The second kappa shape index (κ2) is 11.4. The van der Waals surface area contributed by atoms with Gasteiger partial charge in [-0.3, -0.25) is 9.79 Å². The second-order valence-corrected chi connectivity index (χ2v) is 6.97. The van der Waals surface area contributed by atoms with Crippen LogP contribution in [0.5, 0.6) is 0 Å². The lowest BCUT2D eigenvalue weighted by Gasteiger charge is -2.31. The quantitative estimate of drug-likeness (QED) is 0.364. The maximum atomic E-state index is 11.9. The van der Waals surface area contributed by atoms with Gasteiger partial charge in [0.15, 0.2) is 5.96 Å². The summed E-state index contributed by atoms with van der Waals surface area (Å²) in [5.74, 6) is 0.295. The maximum Gasteiger partial charge on any atom is 0.409 e. The summed E-state index contributed by atoms with van der Waals surface area (Å²) < 4.78 is 5.00. The molecule has 1 aliphatic rings. The molecule has 0 unspecified atom stereocenters. The van der Waals surface area contributed by atoms with Crippen LogP contribution < -0.4 is 16.4 Å². The smallest absolute Gasteiger partial charge is 0.409 e. The summed E-state index contributed by atoms with van der Waals surface area (Å²) in [6.45, 7) is 3.91. The Balaban J connectivity index is 1.62. The molecule has 0 atom stereocenters. The van der Waals surface area contributed by atoms with Crippen molar-refractivity contribution in [3.05, 3.63) is 29.3 Å². The van der Waals surface area contributed by atoms with E-state index in [0.29, 0.717) is 55.8 Å². The molecule has 1 aromatic carbocycles. The molecular formula is C19H28ClN5O3. The van der Waals surface area contributed by atoms with E-state index in [2.05, 4.69) is 15.6 Å². The zero-order chi connectivity index (χ0) is 20.4. The molecule has 0 radical (unpaired) electrons. The lowest BCUT2D eigenvalue weighted by molar-refractivity contribution is -0.116. The third kappa shape index (κ3) is 7.64. The number of hydrogen-bond acceptors (Lipinski definition) is 4. The minimum atomic E-state index is -0.264. The Kier molecular flexibility index (Phi) is 8.87. The lowest BCUT2D eigenvalue weighted by Crippen LogP contribution is -2.48. The van der Waals surface area contributed by atoms with Gasteiger partial charge in [0.2, 0.25) is 5.91 Å². The van der Waals surface area contributed by atoms with Crippen molar-refractivity contribution in [3.8, 4) is 0 Å². The fraction of sp³-hybridized carbons (Fsp3) is 0.526. The van der Waals surface area contributed by atoms with Crippen LogP contribution in [0.3, 0.4) is 0 Å². The predicted molar refractivity (Wildman–Crippen MR) is 111 cm³/mol. The van der Waals surface area contributed by atoms with Crippen molar-refractivity contribution in [2.24, 2.45) is 10.7 Å². The lowest BCUT2D eigenvalue weighted by atomic mass is 10.1. The van der Waals surface area contributed by atoms with Crippen molar-refractivity contribution in [2.45, 2.75) is 38.6 Å². The largest absolute Gasteiger partial charge is 0.450 e. The van der Waals surface area contributed by atoms with E-state index in [0.717, 1.165) is 12.8 Å². The standard InChI is InChI=1S/C19H28ClN5O3/c1-2-28-19(27)25-12-9-16(10-13-25)24-18(21)22-11-3-4-17(26)23-15-7-5-14(20)6-8-15/h5-8,16H,2-4,9-13H2,1H3,(H,23,26)(H3,21,22,24).